The molecule has 2 aromatic rings. The van der Waals surface area contributed by atoms with Crippen LogP contribution >= 0.6 is 11.6 Å². The van der Waals surface area contributed by atoms with Gasteiger partial charge in [-0.3, -0.25) is 4.79 Å². The molecular weight excluding hydrogens is 274 g/mol. The number of nitrogens with zero attached hydrogens (tertiary/aromatic N) is 1. The molecule has 0 saturated carbocycles. The molecule has 4 nitrogen and oxygen atoms in total. The number of hydrogen-bond donors (Lipinski definition) is 2. The largest absolute Gasteiger partial charge is 0.398 e. The predicted molar refractivity (Wildman–Crippen MR) is 79.4 cm³/mol. The lowest BCUT2D eigenvalue weighted by Crippen LogP contribution is -2.15. The maximum absolute atomic E-state index is 12.0. The Bertz CT molecular complexity index is 692. The van der Waals surface area contributed by atoms with E-state index in [1.807, 2.05) is 18.2 Å². The van der Waals surface area contributed by atoms with Crippen molar-refractivity contribution >= 4 is 28.9 Å². The fourth-order valence-electron chi connectivity index (χ4n) is 1.75. The molecule has 0 unspecified atom stereocenters. The minimum absolute atomic E-state index is 0.170. The molecule has 0 radical (unpaired) electrons. The first-order valence-electron chi connectivity index (χ1n) is 5.93. The number of halogens is 1. The van der Waals surface area contributed by atoms with Crippen molar-refractivity contribution < 1.29 is 4.79 Å². The molecule has 2 aromatic carbocycles. The van der Waals surface area contributed by atoms with Crippen LogP contribution in [0.3, 0.4) is 0 Å². The lowest BCUT2D eigenvalue weighted by Gasteiger charge is -2.08. The van der Waals surface area contributed by atoms with Crippen LogP contribution in [0.1, 0.15) is 11.1 Å². The lowest BCUT2D eigenvalue weighted by molar-refractivity contribution is -0.115. The summed E-state index contributed by atoms with van der Waals surface area (Å²) in [6, 6.07) is 13.9. The van der Waals surface area contributed by atoms with Gasteiger partial charge in [-0.05, 0) is 29.8 Å². The first-order chi connectivity index (χ1) is 9.60. The Kier molecular flexibility index (Phi) is 4.24. The number of hydrogen-bond acceptors (Lipinski definition) is 3. The van der Waals surface area contributed by atoms with Gasteiger partial charge in [-0.2, -0.15) is 5.26 Å². The first-order valence-corrected chi connectivity index (χ1v) is 6.31. The van der Waals surface area contributed by atoms with Crippen molar-refractivity contribution in [2.24, 2.45) is 0 Å². The van der Waals surface area contributed by atoms with Crippen LogP contribution in [0.4, 0.5) is 11.4 Å². The summed E-state index contributed by atoms with van der Waals surface area (Å²) in [6.45, 7) is 0. The predicted octanol–water partition coefficient (Wildman–Crippen LogP) is 2.98. The summed E-state index contributed by atoms with van der Waals surface area (Å²) in [5.74, 6) is -0.213. The molecule has 0 fully saturated rings. The van der Waals surface area contributed by atoms with Gasteiger partial charge in [-0.15, -0.1) is 0 Å². The van der Waals surface area contributed by atoms with Gasteiger partial charge in [-0.25, -0.2) is 0 Å². The summed E-state index contributed by atoms with van der Waals surface area (Å²) in [5.41, 5.74) is 8.05. The Balaban J connectivity index is 2.09. The molecule has 5 heteroatoms. The number of carbonyl (C=O) groups is 1. The molecule has 0 saturated heterocycles. The molecule has 0 aromatic heterocycles. The monoisotopic (exact) mass is 285 g/mol. The average molecular weight is 286 g/mol. The second-order valence-corrected chi connectivity index (χ2v) is 4.64. The second kappa shape index (κ2) is 6.09. The number of rotatable bonds is 3. The SMILES string of the molecule is N#Cc1ccc(NC(=O)Cc2ccccc2N)c(Cl)c1. The molecule has 100 valence electrons. The zero-order chi connectivity index (χ0) is 14.5. The van der Waals surface area contributed by atoms with E-state index >= 15 is 0 Å². The van der Waals surface area contributed by atoms with Gasteiger partial charge in [0.25, 0.3) is 0 Å². The van der Waals surface area contributed by atoms with E-state index in [0.29, 0.717) is 22.0 Å². The van der Waals surface area contributed by atoms with Gasteiger partial charge in [0, 0.05) is 5.69 Å². The zero-order valence-electron chi connectivity index (χ0n) is 10.6. The highest BCUT2D eigenvalue weighted by molar-refractivity contribution is 6.33. The molecule has 0 spiro atoms. The Morgan fingerprint density at radius 1 is 1.30 bits per heavy atom. The van der Waals surface area contributed by atoms with E-state index in [0.717, 1.165) is 5.56 Å². The van der Waals surface area contributed by atoms with Gasteiger partial charge in [0.1, 0.15) is 0 Å². The molecule has 0 heterocycles. The van der Waals surface area contributed by atoms with E-state index in [4.69, 9.17) is 22.6 Å². The van der Waals surface area contributed by atoms with E-state index in [1.165, 1.54) is 6.07 Å². The normalized spacial score (nSPS) is 9.80. The Morgan fingerprint density at radius 3 is 2.70 bits per heavy atom. The Hall–Kier alpha value is -2.51. The number of para-hydroxylation sites is 1. The maximum atomic E-state index is 12.0. The number of nitrogen functional groups attached to an aromatic ring is 1. The molecule has 1 amide bonds. The van der Waals surface area contributed by atoms with Gasteiger partial charge < -0.3 is 11.1 Å². The highest BCUT2D eigenvalue weighted by Gasteiger charge is 2.09. The summed E-state index contributed by atoms with van der Waals surface area (Å²) < 4.78 is 0. The molecule has 20 heavy (non-hydrogen) atoms. The Labute approximate surface area is 121 Å². The van der Waals surface area contributed by atoms with Crippen molar-refractivity contribution in [1.82, 2.24) is 0 Å². The number of nitrogens with one attached hydrogen (secondary N) is 1. The van der Waals surface area contributed by atoms with Crippen molar-refractivity contribution in [2.45, 2.75) is 6.42 Å². The van der Waals surface area contributed by atoms with E-state index < -0.39 is 0 Å². The third kappa shape index (κ3) is 3.28. The number of benzene rings is 2. The summed E-state index contributed by atoms with van der Waals surface area (Å²) in [4.78, 5) is 12.0. The number of nitrogens with two attached hydrogens (primary N) is 1. The third-order valence-corrected chi connectivity index (χ3v) is 3.09. The van der Waals surface area contributed by atoms with Crippen LogP contribution in [0.25, 0.3) is 0 Å². The molecule has 2 rings (SSSR count). The van der Waals surface area contributed by atoms with E-state index in [1.54, 1.807) is 24.3 Å². The molecule has 0 aliphatic carbocycles. The summed E-state index contributed by atoms with van der Waals surface area (Å²) in [5, 5.41) is 11.8. The molecular formula is C15H12ClN3O. The highest BCUT2D eigenvalue weighted by Crippen LogP contribution is 2.23. The second-order valence-electron chi connectivity index (χ2n) is 4.23. The third-order valence-electron chi connectivity index (χ3n) is 2.78. The molecule has 0 bridgehead atoms. The van der Waals surface area contributed by atoms with Crippen molar-refractivity contribution in [2.75, 3.05) is 11.1 Å². The van der Waals surface area contributed by atoms with Crippen molar-refractivity contribution in [3.63, 3.8) is 0 Å². The van der Waals surface area contributed by atoms with Crippen LogP contribution in [0.15, 0.2) is 42.5 Å². The highest BCUT2D eigenvalue weighted by atomic mass is 35.5. The van der Waals surface area contributed by atoms with Crippen molar-refractivity contribution in [3.8, 4) is 6.07 Å². The van der Waals surface area contributed by atoms with Crippen LogP contribution in [0, 0.1) is 11.3 Å². The van der Waals surface area contributed by atoms with Gasteiger partial charge in [0.05, 0.1) is 28.8 Å². The zero-order valence-corrected chi connectivity index (χ0v) is 11.3. The molecule has 0 atom stereocenters. The number of amides is 1. The van der Waals surface area contributed by atoms with Gasteiger partial charge in [-0.1, -0.05) is 29.8 Å². The molecule has 3 N–H and O–H groups in total. The van der Waals surface area contributed by atoms with Crippen LogP contribution in [0.2, 0.25) is 5.02 Å². The minimum atomic E-state index is -0.213. The topological polar surface area (TPSA) is 78.9 Å². The lowest BCUT2D eigenvalue weighted by atomic mass is 10.1. The number of nitriles is 1. The standard InChI is InChI=1S/C15H12ClN3O/c16-12-7-10(9-17)5-6-14(12)19-15(20)8-11-3-1-2-4-13(11)18/h1-7H,8,18H2,(H,19,20). The van der Waals surface area contributed by atoms with Gasteiger partial charge in [0.15, 0.2) is 0 Å². The number of anilines is 2. The van der Waals surface area contributed by atoms with E-state index in [-0.39, 0.29) is 12.3 Å². The van der Waals surface area contributed by atoms with Crippen LogP contribution in [-0.2, 0) is 11.2 Å². The van der Waals surface area contributed by atoms with Crippen LogP contribution < -0.4 is 11.1 Å². The smallest absolute Gasteiger partial charge is 0.228 e. The quantitative estimate of drug-likeness (QED) is 0.851. The van der Waals surface area contributed by atoms with Crippen molar-refractivity contribution in [3.05, 3.63) is 58.6 Å². The van der Waals surface area contributed by atoms with Crippen LogP contribution in [0.5, 0.6) is 0 Å². The summed E-state index contributed by atoms with van der Waals surface area (Å²) >= 11 is 6.00. The summed E-state index contributed by atoms with van der Waals surface area (Å²) in [6.07, 6.45) is 0.170. The van der Waals surface area contributed by atoms with Crippen LogP contribution in [-0.4, -0.2) is 5.91 Å². The molecule has 0 aliphatic heterocycles. The first kappa shape index (κ1) is 13.9. The van der Waals surface area contributed by atoms with E-state index in [2.05, 4.69) is 5.32 Å². The average Bonchev–Trinajstić information content (AvgIpc) is 2.43. The minimum Gasteiger partial charge on any atom is -0.398 e. The summed E-state index contributed by atoms with van der Waals surface area (Å²) in [7, 11) is 0. The fourth-order valence-corrected chi connectivity index (χ4v) is 1.98. The Morgan fingerprint density at radius 2 is 2.05 bits per heavy atom. The van der Waals surface area contributed by atoms with Gasteiger partial charge >= 0.3 is 0 Å². The van der Waals surface area contributed by atoms with Crippen molar-refractivity contribution in [1.29, 1.82) is 5.26 Å². The maximum Gasteiger partial charge on any atom is 0.228 e. The number of carbonyl (C=O) groups excluding carboxylic acids is 1. The van der Waals surface area contributed by atoms with E-state index in [9.17, 15) is 4.79 Å². The fraction of sp³-hybridized carbons (Fsp3) is 0.0667. The van der Waals surface area contributed by atoms with Gasteiger partial charge in [0.2, 0.25) is 5.91 Å². The molecule has 0 aliphatic rings.